The van der Waals surface area contributed by atoms with Crippen LogP contribution in [0.15, 0.2) is 76.1 Å². The van der Waals surface area contributed by atoms with E-state index >= 15 is 0 Å². The highest BCUT2D eigenvalue weighted by Crippen LogP contribution is 2.47. The largest absolute Gasteiger partial charge is 0.291 e. The van der Waals surface area contributed by atoms with E-state index in [4.69, 9.17) is 0 Å². The Kier molecular flexibility index (Phi) is 5.70. The molecule has 0 N–H and O–H groups in total. The molecule has 10 heteroatoms. The van der Waals surface area contributed by atoms with Gasteiger partial charge in [-0.05, 0) is 73.4 Å². The zero-order chi connectivity index (χ0) is 25.8. The van der Waals surface area contributed by atoms with Crippen LogP contribution in [0.25, 0.3) is 11.8 Å². The number of ketones is 1. The molecule has 188 valence electrons. The molecule has 1 saturated heterocycles. The first-order valence-corrected chi connectivity index (χ1v) is 14.2. The van der Waals surface area contributed by atoms with Crippen LogP contribution >= 0.6 is 11.3 Å². The molecule has 0 amide bonds. The molecule has 0 spiro atoms. The molecule has 1 atom stereocenters. The Bertz CT molecular complexity index is 1640. The number of nitrogens with zero attached hydrogens (tertiary/aromatic N) is 4. The minimum absolute atomic E-state index is 0.0205. The van der Waals surface area contributed by atoms with Crippen LogP contribution in [0.2, 0.25) is 0 Å². The Morgan fingerprint density at radius 1 is 1.16 bits per heavy atom. The number of benzene rings is 2. The van der Waals surface area contributed by atoms with Gasteiger partial charge in [-0.25, -0.2) is 22.5 Å². The van der Waals surface area contributed by atoms with Crippen LogP contribution in [0.1, 0.15) is 33.7 Å². The number of hydrogen-bond acceptors (Lipinski definition) is 6. The second-order valence-electron chi connectivity index (χ2n) is 9.48. The molecular weight excluding hydrogens is 511 g/mol. The van der Waals surface area contributed by atoms with Crippen molar-refractivity contribution >= 4 is 33.2 Å². The summed E-state index contributed by atoms with van der Waals surface area (Å²) in [6.45, 7) is 2.13. The Morgan fingerprint density at radius 3 is 2.70 bits per heavy atom. The summed E-state index contributed by atoms with van der Waals surface area (Å²) >= 11 is 1.33. The number of piperidine rings is 1. The molecule has 4 aromatic rings. The minimum atomic E-state index is -3.82. The fraction of sp³-hybridized carbons (Fsp3) is 0.222. The van der Waals surface area contributed by atoms with Gasteiger partial charge in [0, 0.05) is 18.5 Å². The molecule has 0 saturated carbocycles. The zero-order valence-corrected chi connectivity index (χ0v) is 21.6. The fourth-order valence-electron chi connectivity index (χ4n) is 5.30. The predicted octanol–water partition coefficient (Wildman–Crippen LogP) is 4.68. The van der Waals surface area contributed by atoms with Gasteiger partial charge in [-0.3, -0.25) is 4.79 Å². The molecule has 1 aliphatic carbocycles. The van der Waals surface area contributed by atoms with Gasteiger partial charge in [-0.15, -0.1) is 11.3 Å². The normalized spacial score (nSPS) is 19.7. The summed E-state index contributed by atoms with van der Waals surface area (Å²) < 4.78 is 44.0. The molecule has 2 aromatic heterocycles. The van der Waals surface area contributed by atoms with Gasteiger partial charge < -0.3 is 0 Å². The van der Waals surface area contributed by atoms with Crippen molar-refractivity contribution in [1.29, 1.82) is 0 Å². The van der Waals surface area contributed by atoms with E-state index in [0.29, 0.717) is 24.2 Å². The molecule has 1 unspecified atom stereocenters. The van der Waals surface area contributed by atoms with Gasteiger partial charge in [0.15, 0.2) is 5.78 Å². The van der Waals surface area contributed by atoms with E-state index in [9.17, 15) is 17.6 Å². The van der Waals surface area contributed by atoms with E-state index in [1.165, 1.54) is 27.8 Å². The number of aromatic nitrogens is 3. The van der Waals surface area contributed by atoms with Crippen LogP contribution in [0.5, 0.6) is 0 Å². The third-order valence-corrected chi connectivity index (χ3v) is 9.61. The average Bonchev–Trinajstić information content (AvgIpc) is 3.57. The van der Waals surface area contributed by atoms with Crippen LogP contribution in [-0.4, -0.2) is 46.4 Å². The summed E-state index contributed by atoms with van der Waals surface area (Å²) in [7, 11) is -3.82. The Morgan fingerprint density at radius 2 is 1.97 bits per heavy atom. The lowest BCUT2D eigenvalue weighted by Crippen LogP contribution is -2.53. The predicted molar refractivity (Wildman–Crippen MR) is 139 cm³/mol. The van der Waals surface area contributed by atoms with Crippen LogP contribution < -0.4 is 0 Å². The zero-order valence-electron chi connectivity index (χ0n) is 20.0. The van der Waals surface area contributed by atoms with E-state index in [1.807, 2.05) is 19.1 Å². The lowest BCUT2D eigenvalue weighted by Gasteiger charge is -2.44. The number of rotatable bonds is 5. The van der Waals surface area contributed by atoms with Crippen molar-refractivity contribution in [2.45, 2.75) is 24.7 Å². The van der Waals surface area contributed by atoms with E-state index < -0.39 is 15.4 Å². The lowest BCUT2D eigenvalue weighted by molar-refractivity contribution is 0.0771. The molecule has 7 nitrogen and oxygen atoms in total. The first-order chi connectivity index (χ1) is 17.8. The maximum atomic E-state index is 14.0. The molecule has 1 fully saturated rings. The first-order valence-electron chi connectivity index (χ1n) is 11.8. The second kappa shape index (κ2) is 8.83. The Balaban J connectivity index is 1.44. The molecule has 6 rings (SSSR count). The van der Waals surface area contributed by atoms with E-state index in [0.717, 1.165) is 22.4 Å². The monoisotopic (exact) mass is 534 g/mol. The average molecular weight is 535 g/mol. The van der Waals surface area contributed by atoms with Gasteiger partial charge in [0.25, 0.3) is 0 Å². The molecule has 3 heterocycles. The van der Waals surface area contributed by atoms with Crippen molar-refractivity contribution in [3.8, 4) is 5.69 Å². The quantitative estimate of drug-likeness (QED) is 0.347. The van der Waals surface area contributed by atoms with Crippen molar-refractivity contribution < 1.29 is 17.6 Å². The number of carbonyl (C=O) groups is 1. The molecule has 2 aromatic carbocycles. The van der Waals surface area contributed by atoms with Crippen molar-refractivity contribution in [2.75, 3.05) is 13.1 Å². The number of hydrogen-bond donors (Lipinski definition) is 0. The Labute approximate surface area is 218 Å². The molecule has 0 bridgehead atoms. The van der Waals surface area contributed by atoms with E-state index in [2.05, 4.69) is 10.1 Å². The number of fused-ring (bicyclic) bond motifs is 2. The van der Waals surface area contributed by atoms with Crippen molar-refractivity contribution in [2.24, 2.45) is 5.41 Å². The van der Waals surface area contributed by atoms with E-state index in [1.54, 1.807) is 52.1 Å². The maximum absolute atomic E-state index is 14.0. The molecule has 37 heavy (non-hydrogen) atoms. The second-order valence-corrected chi connectivity index (χ2v) is 12.1. The molecule has 0 radical (unpaired) electrons. The van der Waals surface area contributed by atoms with Crippen LogP contribution in [0.3, 0.4) is 0 Å². The lowest BCUT2D eigenvalue weighted by atomic mass is 9.65. The van der Waals surface area contributed by atoms with Crippen LogP contribution in [0, 0.1) is 18.2 Å². The number of halogens is 1. The first kappa shape index (κ1) is 23.9. The summed E-state index contributed by atoms with van der Waals surface area (Å²) in [6, 6.07) is 12.9. The summed E-state index contributed by atoms with van der Waals surface area (Å²) in [5.41, 5.74) is 4.91. The number of carbonyl (C=O) groups excluding carboxylic acids is 1. The number of aryl methyl sites for hydroxylation is 1. The number of thiazole rings is 1. The van der Waals surface area contributed by atoms with Gasteiger partial charge in [-0.1, -0.05) is 17.7 Å². The summed E-state index contributed by atoms with van der Waals surface area (Å²) in [6.07, 6.45) is 4.35. The van der Waals surface area contributed by atoms with Crippen molar-refractivity contribution in [3.05, 3.63) is 99.5 Å². The summed E-state index contributed by atoms with van der Waals surface area (Å²) in [4.78, 5) is 18.5. The third kappa shape index (κ3) is 3.96. The minimum Gasteiger partial charge on any atom is -0.291 e. The number of sulfonamides is 1. The topological polar surface area (TPSA) is 85.2 Å². The van der Waals surface area contributed by atoms with Gasteiger partial charge in [0.1, 0.15) is 11.5 Å². The van der Waals surface area contributed by atoms with Crippen LogP contribution in [0.4, 0.5) is 4.39 Å². The van der Waals surface area contributed by atoms with Gasteiger partial charge in [0.05, 0.1) is 33.4 Å². The van der Waals surface area contributed by atoms with Gasteiger partial charge in [0.2, 0.25) is 10.0 Å². The SMILES string of the molecule is Cc1cccc(S(=O)(=O)N2CCC3=Cc4c(cnn4-c4ccc(F)cc4)CC3(C(=O)c3cscn3)C2)c1. The molecule has 1 aliphatic heterocycles. The molecular formula is C27H23FN4O3S2. The number of Topliss-reactive ketones (excluding diaryl/α,β-unsaturated/α-hetero) is 1. The highest BCUT2D eigenvalue weighted by molar-refractivity contribution is 7.89. The fourth-order valence-corrected chi connectivity index (χ4v) is 7.44. The third-order valence-electron chi connectivity index (χ3n) is 7.18. The molecule has 2 aliphatic rings. The van der Waals surface area contributed by atoms with Gasteiger partial charge in [-0.2, -0.15) is 9.40 Å². The highest BCUT2D eigenvalue weighted by atomic mass is 32.2. The van der Waals surface area contributed by atoms with Crippen molar-refractivity contribution in [1.82, 2.24) is 19.1 Å². The van der Waals surface area contributed by atoms with Gasteiger partial charge >= 0.3 is 0 Å². The maximum Gasteiger partial charge on any atom is 0.243 e. The van der Waals surface area contributed by atoms with Crippen molar-refractivity contribution in [3.63, 3.8) is 0 Å². The Hall–Kier alpha value is -3.47. The highest BCUT2D eigenvalue weighted by Gasteiger charge is 2.51. The van der Waals surface area contributed by atoms with E-state index in [-0.39, 0.29) is 29.6 Å². The summed E-state index contributed by atoms with van der Waals surface area (Å²) in [5.74, 6) is -0.525. The standard InChI is InChI=1S/C27H23FN4O3S2/c1-18-3-2-4-23(11-18)37(34,35)31-10-9-20-12-25-19(14-30-32(25)22-7-5-21(28)6-8-22)13-27(20,16-31)26(33)24-15-36-17-29-24/h2-8,11-12,14-15,17H,9-10,13,16H2,1H3. The van der Waals surface area contributed by atoms with Crippen LogP contribution in [-0.2, 0) is 16.4 Å². The smallest absolute Gasteiger partial charge is 0.243 e. The summed E-state index contributed by atoms with van der Waals surface area (Å²) in [5, 5.41) is 6.24.